The predicted octanol–water partition coefficient (Wildman–Crippen LogP) is 1.81. The van der Waals surface area contributed by atoms with Crippen molar-refractivity contribution >= 4 is 5.97 Å². The number of rotatable bonds is 5. The fraction of sp³-hybridized carbons (Fsp3) is 0.417. The van der Waals surface area contributed by atoms with Crippen LogP contribution in [0.3, 0.4) is 0 Å². The normalized spacial score (nSPS) is 9.69. The maximum atomic E-state index is 11.2. The first-order chi connectivity index (χ1) is 7.71. The van der Waals surface area contributed by atoms with Gasteiger partial charge in [0.2, 0.25) is 0 Å². The van der Waals surface area contributed by atoms with Crippen molar-refractivity contribution in [1.82, 2.24) is 0 Å². The van der Waals surface area contributed by atoms with Gasteiger partial charge in [-0.1, -0.05) is 0 Å². The molecule has 1 rings (SSSR count). The standard InChI is InChI=1S/C12H16O4/c1-4-16-11-6-5-10(14-2)7-9(11)8-12(13)15-3/h5-7H,4,8H2,1-3H3. The lowest BCUT2D eigenvalue weighted by atomic mass is 10.1. The van der Waals surface area contributed by atoms with E-state index in [9.17, 15) is 4.79 Å². The highest BCUT2D eigenvalue weighted by Gasteiger charge is 2.10. The summed E-state index contributed by atoms with van der Waals surface area (Å²) in [5, 5.41) is 0. The summed E-state index contributed by atoms with van der Waals surface area (Å²) >= 11 is 0. The molecule has 1 aromatic rings. The van der Waals surface area contributed by atoms with Gasteiger partial charge >= 0.3 is 5.97 Å². The van der Waals surface area contributed by atoms with Crippen LogP contribution in [0.1, 0.15) is 12.5 Å². The van der Waals surface area contributed by atoms with Crippen molar-refractivity contribution in [1.29, 1.82) is 0 Å². The minimum Gasteiger partial charge on any atom is -0.497 e. The first-order valence-corrected chi connectivity index (χ1v) is 5.07. The van der Waals surface area contributed by atoms with E-state index in [1.165, 1.54) is 7.11 Å². The van der Waals surface area contributed by atoms with Crippen molar-refractivity contribution < 1.29 is 19.0 Å². The molecular weight excluding hydrogens is 208 g/mol. The fourth-order valence-corrected chi connectivity index (χ4v) is 1.34. The number of carbonyl (C=O) groups is 1. The zero-order chi connectivity index (χ0) is 12.0. The third-order valence-electron chi connectivity index (χ3n) is 2.13. The number of ether oxygens (including phenoxy) is 3. The molecule has 0 atom stereocenters. The lowest BCUT2D eigenvalue weighted by Gasteiger charge is -2.10. The maximum Gasteiger partial charge on any atom is 0.310 e. The average Bonchev–Trinajstić information content (AvgIpc) is 2.31. The summed E-state index contributed by atoms with van der Waals surface area (Å²) in [6.45, 7) is 2.45. The van der Waals surface area contributed by atoms with Gasteiger partial charge < -0.3 is 14.2 Å². The van der Waals surface area contributed by atoms with Crippen LogP contribution in [0.2, 0.25) is 0 Å². The molecule has 0 bridgehead atoms. The monoisotopic (exact) mass is 224 g/mol. The topological polar surface area (TPSA) is 44.8 Å². The molecule has 0 fully saturated rings. The Balaban J connectivity index is 2.95. The molecule has 88 valence electrons. The fourth-order valence-electron chi connectivity index (χ4n) is 1.34. The highest BCUT2D eigenvalue weighted by Crippen LogP contribution is 2.24. The number of esters is 1. The lowest BCUT2D eigenvalue weighted by molar-refractivity contribution is -0.139. The summed E-state index contributed by atoms with van der Waals surface area (Å²) in [7, 11) is 2.94. The number of hydrogen-bond donors (Lipinski definition) is 0. The average molecular weight is 224 g/mol. The number of hydrogen-bond acceptors (Lipinski definition) is 4. The largest absolute Gasteiger partial charge is 0.497 e. The van der Waals surface area contributed by atoms with Crippen molar-refractivity contribution in [3.8, 4) is 11.5 Å². The summed E-state index contributed by atoms with van der Waals surface area (Å²) in [5.41, 5.74) is 0.771. The van der Waals surface area contributed by atoms with E-state index in [2.05, 4.69) is 4.74 Å². The van der Waals surface area contributed by atoms with Crippen LogP contribution in [0.25, 0.3) is 0 Å². The Hall–Kier alpha value is -1.71. The van der Waals surface area contributed by atoms with Crippen molar-refractivity contribution in [3.63, 3.8) is 0 Å². The van der Waals surface area contributed by atoms with Gasteiger partial charge in [-0.15, -0.1) is 0 Å². The summed E-state index contributed by atoms with van der Waals surface area (Å²) in [5.74, 6) is 1.09. The van der Waals surface area contributed by atoms with Crippen LogP contribution in [-0.2, 0) is 16.0 Å². The third kappa shape index (κ3) is 3.15. The molecule has 0 amide bonds. The zero-order valence-corrected chi connectivity index (χ0v) is 9.78. The summed E-state index contributed by atoms with van der Waals surface area (Å²) in [6, 6.07) is 5.37. The van der Waals surface area contributed by atoms with E-state index < -0.39 is 0 Å². The molecule has 16 heavy (non-hydrogen) atoms. The SMILES string of the molecule is CCOc1ccc(OC)cc1CC(=O)OC. The molecule has 0 aliphatic carbocycles. The first-order valence-electron chi connectivity index (χ1n) is 5.07. The Morgan fingerprint density at radius 1 is 1.31 bits per heavy atom. The van der Waals surface area contributed by atoms with E-state index in [-0.39, 0.29) is 12.4 Å². The minimum absolute atomic E-state index is 0.184. The molecule has 0 aliphatic heterocycles. The van der Waals surface area contributed by atoms with E-state index in [1.54, 1.807) is 25.3 Å². The lowest BCUT2D eigenvalue weighted by Crippen LogP contribution is -2.07. The Bertz CT molecular complexity index is 360. The Kier molecular flexibility index (Phi) is 4.64. The Labute approximate surface area is 95.1 Å². The molecule has 4 nitrogen and oxygen atoms in total. The second-order valence-electron chi connectivity index (χ2n) is 3.16. The van der Waals surface area contributed by atoms with Gasteiger partial charge in [-0.2, -0.15) is 0 Å². The highest BCUT2D eigenvalue weighted by molar-refractivity contribution is 5.73. The third-order valence-corrected chi connectivity index (χ3v) is 2.13. The molecule has 0 unspecified atom stereocenters. The van der Waals surface area contributed by atoms with Crippen molar-refractivity contribution in [3.05, 3.63) is 23.8 Å². The second kappa shape index (κ2) is 6.00. The molecule has 0 saturated carbocycles. The van der Waals surface area contributed by atoms with Gasteiger partial charge in [-0.05, 0) is 25.1 Å². The van der Waals surface area contributed by atoms with Crippen LogP contribution in [0, 0.1) is 0 Å². The highest BCUT2D eigenvalue weighted by atomic mass is 16.5. The second-order valence-corrected chi connectivity index (χ2v) is 3.16. The summed E-state index contributed by atoms with van der Waals surface area (Å²) in [6.07, 6.45) is 0.184. The van der Waals surface area contributed by atoms with Gasteiger partial charge in [0.1, 0.15) is 11.5 Å². The van der Waals surface area contributed by atoms with Crippen LogP contribution in [0.15, 0.2) is 18.2 Å². The van der Waals surface area contributed by atoms with E-state index in [1.807, 2.05) is 6.92 Å². The molecule has 0 saturated heterocycles. The van der Waals surface area contributed by atoms with Crippen LogP contribution in [0.5, 0.6) is 11.5 Å². The number of carbonyl (C=O) groups excluding carboxylic acids is 1. The quantitative estimate of drug-likeness (QED) is 0.715. The van der Waals surface area contributed by atoms with E-state index in [4.69, 9.17) is 9.47 Å². The molecule has 0 heterocycles. The van der Waals surface area contributed by atoms with Gasteiger partial charge in [-0.25, -0.2) is 0 Å². The van der Waals surface area contributed by atoms with Gasteiger partial charge in [0.25, 0.3) is 0 Å². The van der Waals surface area contributed by atoms with Gasteiger partial charge in [-0.3, -0.25) is 4.79 Å². The minimum atomic E-state index is -0.297. The van der Waals surface area contributed by atoms with E-state index in [0.717, 1.165) is 5.56 Å². The molecule has 0 aliphatic rings. The maximum absolute atomic E-state index is 11.2. The molecule has 1 aromatic carbocycles. The Morgan fingerprint density at radius 2 is 2.06 bits per heavy atom. The molecule has 4 heteroatoms. The predicted molar refractivity (Wildman–Crippen MR) is 59.9 cm³/mol. The molecule has 0 N–H and O–H groups in total. The number of benzene rings is 1. The van der Waals surface area contributed by atoms with Gasteiger partial charge in [0, 0.05) is 5.56 Å². The van der Waals surface area contributed by atoms with Crippen molar-refractivity contribution in [2.75, 3.05) is 20.8 Å². The Morgan fingerprint density at radius 3 is 2.62 bits per heavy atom. The van der Waals surface area contributed by atoms with Crippen LogP contribution < -0.4 is 9.47 Å². The van der Waals surface area contributed by atoms with Crippen LogP contribution >= 0.6 is 0 Å². The van der Waals surface area contributed by atoms with Gasteiger partial charge in [0.05, 0.1) is 27.2 Å². The smallest absolute Gasteiger partial charge is 0.310 e. The summed E-state index contributed by atoms with van der Waals surface area (Å²) < 4.78 is 15.1. The van der Waals surface area contributed by atoms with Crippen LogP contribution in [0.4, 0.5) is 0 Å². The van der Waals surface area contributed by atoms with Crippen molar-refractivity contribution in [2.45, 2.75) is 13.3 Å². The first kappa shape index (κ1) is 12.4. The van der Waals surface area contributed by atoms with Crippen molar-refractivity contribution in [2.24, 2.45) is 0 Å². The van der Waals surface area contributed by atoms with Gasteiger partial charge in [0.15, 0.2) is 0 Å². The molecular formula is C12H16O4. The number of methoxy groups -OCH3 is 2. The molecule has 0 spiro atoms. The van der Waals surface area contributed by atoms with E-state index in [0.29, 0.717) is 18.1 Å². The van der Waals surface area contributed by atoms with E-state index >= 15 is 0 Å². The van der Waals surface area contributed by atoms with Crippen LogP contribution in [-0.4, -0.2) is 26.8 Å². The molecule has 0 radical (unpaired) electrons. The summed E-state index contributed by atoms with van der Waals surface area (Å²) in [4.78, 5) is 11.2. The zero-order valence-electron chi connectivity index (χ0n) is 9.78. The molecule has 0 aromatic heterocycles.